The van der Waals surface area contributed by atoms with Crippen molar-refractivity contribution in [1.29, 1.82) is 0 Å². The van der Waals surface area contributed by atoms with Gasteiger partial charge in [0.1, 0.15) is 6.10 Å². The number of ether oxygens (including phenoxy) is 2. The second-order valence-electron chi connectivity index (χ2n) is 5.93. The zero-order chi connectivity index (χ0) is 16.9. The Labute approximate surface area is 141 Å². The first-order valence-electron chi connectivity index (χ1n) is 8.34. The summed E-state index contributed by atoms with van der Waals surface area (Å²) < 4.78 is 10.9. The number of amides is 3. The van der Waals surface area contributed by atoms with E-state index in [-0.39, 0.29) is 24.1 Å². The molecular weight excluding hydrogens is 310 g/mol. The number of nitrogens with zero attached hydrogens (tertiary/aromatic N) is 1. The maximum atomic E-state index is 12.1. The molecule has 2 aliphatic heterocycles. The Morgan fingerprint density at radius 2 is 2.12 bits per heavy atom. The molecule has 0 bridgehead atoms. The average Bonchev–Trinajstić information content (AvgIpc) is 3.18. The summed E-state index contributed by atoms with van der Waals surface area (Å²) in [4.78, 5) is 25.6. The molecule has 0 unspecified atom stereocenters. The molecule has 2 aliphatic rings. The lowest BCUT2D eigenvalue weighted by atomic mass is 10.2. The van der Waals surface area contributed by atoms with E-state index in [2.05, 4.69) is 10.6 Å². The normalized spacial score (nSPS) is 23.5. The Morgan fingerprint density at radius 3 is 2.79 bits per heavy atom. The van der Waals surface area contributed by atoms with E-state index in [0.717, 1.165) is 18.7 Å². The summed E-state index contributed by atoms with van der Waals surface area (Å²) in [5, 5.41) is 5.67. The highest BCUT2D eigenvalue weighted by Crippen LogP contribution is 2.23. The van der Waals surface area contributed by atoms with Crippen LogP contribution in [0.3, 0.4) is 0 Å². The van der Waals surface area contributed by atoms with Crippen LogP contribution in [-0.2, 0) is 14.3 Å². The molecule has 3 amide bonds. The van der Waals surface area contributed by atoms with Crippen LogP contribution in [0.1, 0.15) is 19.8 Å². The second kappa shape index (κ2) is 7.63. The van der Waals surface area contributed by atoms with Crippen molar-refractivity contribution in [3.05, 3.63) is 24.3 Å². The highest BCUT2D eigenvalue weighted by atomic mass is 16.5. The van der Waals surface area contributed by atoms with Gasteiger partial charge in [-0.1, -0.05) is 0 Å². The van der Waals surface area contributed by atoms with Crippen molar-refractivity contribution >= 4 is 23.3 Å². The fourth-order valence-corrected chi connectivity index (χ4v) is 3.03. The molecule has 2 heterocycles. The Morgan fingerprint density at radius 1 is 1.33 bits per heavy atom. The maximum Gasteiger partial charge on any atom is 0.319 e. The quantitative estimate of drug-likeness (QED) is 0.860. The van der Waals surface area contributed by atoms with E-state index in [1.165, 1.54) is 0 Å². The summed E-state index contributed by atoms with van der Waals surface area (Å²) >= 11 is 0. The number of carbonyl (C=O) groups excluding carboxylic acids is 2. The van der Waals surface area contributed by atoms with Crippen molar-refractivity contribution in [3.8, 4) is 0 Å². The number of nitrogens with one attached hydrogen (secondary N) is 2. The van der Waals surface area contributed by atoms with Gasteiger partial charge in [0.05, 0.1) is 19.3 Å². The van der Waals surface area contributed by atoms with E-state index >= 15 is 0 Å². The van der Waals surface area contributed by atoms with Crippen LogP contribution >= 0.6 is 0 Å². The summed E-state index contributed by atoms with van der Waals surface area (Å²) in [7, 11) is 0. The van der Waals surface area contributed by atoms with Gasteiger partial charge in [-0.25, -0.2) is 4.79 Å². The van der Waals surface area contributed by atoms with Crippen molar-refractivity contribution in [2.24, 2.45) is 0 Å². The summed E-state index contributed by atoms with van der Waals surface area (Å²) in [5.41, 5.74) is 1.54. The predicted octanol–water partition coefficient (Wildman–Crippen LogP) is 1.74. The van der Waals surface area contributed by atoms with E-state index in [1.807, 2.05) is 19.1 Å². The molecule has 0 aliphatic carbocycles. The van der Waals surface area contributed by atoms with Crippen LogP contribution in [-0.4, -0.2) is 50.4 Å². The molecule has 0 aromatic heterocycles. The maximum absolute atomic E-state index is 12.1. The van der Waals surface area contributed by atoms with Gasteiger partial charge in [0.2, 0.25) is 5.91 Å². The van der Waals surface area contributed by atoms with Crippen LogP contribution in [0.15, 0.2) is 24.3 Å². The molecule has 1 aromatic carbocycles. The number of carbonyl (C=O) groups is 2. The van der Waals surface area contributed by atoms with Crippen LogP contribution in [0, 0.1) is 0 Å². The van der Waals surface area contributed by atoms with Gasteiger partial charge < -0.3 is 25.0 Å². The average molecular weight is 333 g/mol. The summed E-state index contributed by atoms with van der Waals surface area (Å²) in [6, 6.07) is 6.85. The molecule has 7 nitrogen and oxygen atoms in total. The van der Waals surface area contributed by atoms with E-state index < -0.39 is 0 Å². The molecule has 2 atom stereocenters. The Balaban J connectivity index is 1.54. The van der Waals surface area contributed by atoms with Crippen molar-refractivity contribution < 1.29 is 19.1 Å². The van der Waals surface area contributed by atoms with Gasteiger partial charge in [0.25, 0.3) is 0 Å². The summed E-state index contributed by atoms with van der Waals surface area (Å²) in [5.74, 6) is 0.150. The lowest BCUT2D eigenvalue weighted by Crippen LogP contribution is -2.45. The zero-order valence-corrected chi connectivity index (χ0v) is 13.8. The van der Waals surface area contributed by atoms with Crippen LogP contribution in [0.5, 0.6) is 0 Å². The molecular formula is C17H23N3O4. The third kappa shape index (κ3) is 3.85. The topological polar surface area (TPSA) is 79.9 Å². The monoisotopic (exact) mass is 333 g/mol. The number of hydrogen-bond donors (Lipinski definition) is 2. The van der Waals surface area contributed by atoms with Crippen molar-refractivity contribution in [2.45, 2.75) is 31.9 Å². The number of hydrogen-bond acceptors (Lipinski definition) is 4. The lowest BCUT2D eigenvalue weighted by molar-refractivity contribution is -0.117. The third-order valence-corrected chi connectivity index (χ3v) is 4.24. The highest BCUT2D eigenvalue weighted by molar-refractivity contribution is 5.96. The van der Waals surface area contributed by atoms with Crippen LogP contribution in [0.2, 0.25) is 0 Å². The van der Waals surface area contributed by atoms with Crippen molar-refractivity contribution in [1.82, 2.24) is 5.32 Å². The van der Waals surface area contributed by atoms with E-state index in [1.54, 1.807) is 17.0 Å². The Bertz CT molecular complexity index is 590. The van der Waals surface area contributed by atoms with Crippen molar-refractivity contribution in [3.63, 3.8) is 0 Å². The highest BCUT2D eigenvalue weighted by Gasteiger charge is 2.30. The number of benzene rings is 1. The van der Waals surface area contributed by atoms with Gasteiger partial charge in [0.15, 0.2) is 0 Å². The molecule has 0 saturated carbocycles. The molecule has 0 spiro atoms. The molecule has 2 fully saturated rings. The first kappa shape index (κ1) is 16.7. The van der Waals surface area contributed by atoms with Crippen LogP contribution in [0.25, 0.3) is 0 Å². The smallest absolute Gasteiger partial charge is 0.319 e. The van der Waals surface area contributed by atoms with Gasteiger partial charge in [-0.15, -0.1) is 0 Å². The summed E-state index contributed by atoms with van der Waals surface area (Å²) in [6.45, 7) is 4.21. The lowest BCUT2D eigenvalue weighted by Gasteiger charge is -2.19. The predicted molar refractivity (Wildman–Crippen MR) is 90.2 cm³/mol. The minimum absolute atomic E-state index is 0.107. The van der Waals surface area contributed by atoms with Gasteiger partial charge >= 0.3 is 6.03 Å². The molecule has 130 valence electrons. The van der Waals surface area contributed by atoms with E-state index in [9.17, 15) is 9.59 Å². The van der Waals surface area contributed by atoms with Gasteiger partial charge in [-0.05, 0) is 37.6 Å². The molecule has 2 saturated heterocycles. The molecule has 2 N–H and O–H groups in total. The van der Waals surface area contributed by atoms with Gasteiger partial charge in [-0.2, -0.15) is 0 Å². The fraction of sp³-hybridized carbons (Fsp3) is 0.529. The van der Waals surface area contributed by atoms with Crippen LogP contribution < -0.4 is 15.5 Å². The number of rotatable bonds is 5. The number of anilines is 2. The largest absolute Gasteiger partial charge is 0.376 e. The summed E-state index contributed by atoms with van der Waals surface area (Å²) in [6.07, 6.45) is 1.39. The standard InChI is InChI=1S/C17H23N3O4/c1-2-24-15-11-23-10-14(15)19-17(22)18-12-5-7-13(8-6-12)20-9-3-4-16(20)21/h5-8,14-15H,2-4,9-11H2,1H3,(H2,18,19,22)/t14-,15-/m1/s1. The second-order valence-corrected chi connectivity index (χ2v) is 5.93. The first-order valence-corrected chi connectivity index (χ1v) is 8.34. The fourth-order valence-electron chi connectivity index (χ4n) is 3.03. The van der Waals surface area contributed by atoms with Crippen molar-refractivity contribution in [2.75, 3.05) is 36.6 Å². The van der Waals surface area contributed by atoms with E-state index in [4.69, 9.17) is 9.47 Å². The molecule has 3 rings (SSSR count). The molecule has 1 aromatic rings. The molecule has 0 radical (unpaired) electrons. The first-order chi connectivity index (χ1) is 11.7. The minimum Gasteiger partial charge on any atom is -0.376 e. The van der Waals surface area contributed by atoms with Gasteiger partial charge in [-0.3, -0.25) is 4.79 Å². The zero-order valence-electron chi connectivity index (χ0n) is 13.8. The van der Waals surface area contributed by atoms with E-state index in [0.29, 0.717) is 31.9 Å². The SMILES string of the molecule is CCO[C@@H]1COC[C@H]1NC(=O)Nc1ccc(N2CCCC2=O)cc1. The van der Waals surface area contributed by atoms with Crippen LogP contribution in [0.4, 0.5) is 16.2 Å². The molecule has 7 heteroatoms. The third-order valence-electron chi connectivity index (χ3n) is 4.24. The number of urea groups is 1. The minimum atomic E-state index is -0.291. The van der Waals surface area contributed by atoms with Gasteiger partial charge in [0, 0.05) is 30.9 Å². The Hall–Kier alpha value is -2.12. The molecule has 24 heavy (non-hydrogen) atoms. The Kier molecular flexibility index (Phi) is 5.32.